The van der Waals surface area contributed by atoms with E-state index in [1.807, 2.05) is 54.0 Å². The molecule has 0 aliphatic heterocycles. The maximum Gasteiger partial charge on any atom is 0.332 e. The van der Waals surface area contributed by atoms with Crippen LogP contribution in [0.2, 0.25) is 0 Å². The number of hydrogen-bond acceptors (Lipinski definition) is 5. The molecule has 0 aliphatic rings. The second-order valence-corrected chi connectivity index (χ2v) is 8.36. The van der Waals surface area contributed by atoms with Crippen molar-refractivity contribution in [2.24, 2.45) is 5.16 Å². The highest BCUT2D eigenvalue weighted by molar-refractivity contribution is 6.16. The third kappa shape index (κ3) is 4.09. The van der Waals surface area contributed by atoms with E-state index in [0.717, 1.165) is 33.1 Å². The molecular weight excluding hydrogens is 461 g/mol. The maximum atomic E-state index is 13.7. The zero-order chi connectivity index (χ0) is 25.4. The van der Waals surface area contributed by atoms with Crippen molar-refractivity contribution < 1.29 is 18.9 Å². The van der Waals surface area contributed by atoms with E-state index in [-0.39, 0.29) is 5.69 Å². The van der Waals surface area contributed by atoms with E-state index in [1.54, 1.807) is 24.3 Å². The average Bonchev–Trinajstić information content (AvgIpc) is 3.19. The van der Waals surface area contributed by atoms with Crippen LogP contribution in [0.5, 0.6) is 0 Å². The van der Waals surface area contributed by atoms with Crippen LogP contribution >= 0.6 is 0 Å². The van der Waals surface area contributed by atoms with E-state index >= 15 is 0 Å². The largest absolute Gasteiger partial charge is 0.332 e. The molecule has 0 fully saturated rings. The number of aromatic nitrogens is 1. The molecule has 0 spiro atoms. The summed E-state index contributed by atoms with van der Waals surface area (Å²) in [6, 6.07) is 23.9. The van der Waals surface area contributed by atoms with Crippen LogP contribution in [0.3, 0.4) is 0 Å². The van der Waals surface area contributed by atoms with Gasteiger partial charge in [-0.15, -0.1) is 0 Å². The molecule has 4 aromatic carbocycles. The second-order valence-electron chi connectivity index (χ2n) is 8.36. The fourth-order valence-electron chi connectivity index (χ4n) is 4.34. The van der Waals surface area contributed by atoms with Gasteiger partial charge in [0.15, 0.2) is 0 Å². The lowest BCUT2D eigenvalue weighted by Crippen LogP contribution is -2.11. The van der Waals surface area contributed by atoms with Crippen LogP contribution < -0.4 is 0 Å². The number of nitro groups is 1. The molecule has 0 amide bonds. The van der Waals surface area contributed by atoms with Gasteiger partial charge >= 0.3 is 5.97 Å². The normalized spacial score (nSPS) is 11.7. The molecule has 0 N–H and O–H groups in total. The third-order valence-corrected chi connectivity index (χ3v) is 5.90. The number of non-ortho nitro benzene ring substituents is 1. The highest BCUT2D eigenvalue weighted by Gasteiger charge is 2.21. The predicted molar refractivity (Wildman–Crippen MR) is 136 cm³/mol. The number of hydrogen-bond donors (Lipinski definition) is 0. The zero-order valence-electron chi connectivity index (χ0n) is 19.4. The number of nitro benzene ring substituents is 1. The number of oxime groups is 1. The van der Waals surface area contributed by atoms with Crippen molar-refractivity contribution in [3.05, 3.63) is 118 Å². The Hall–Kier alpha value is -4.85. The number of nitrogens with zero attached hydrogens (tertiary/aromatic N) is 3. The van der Waals surface area contributed by atoms with Crippen LogP contribution in [0, 0.1) is 22.9 Å². The van der Waals surface area contributed by atoms with Crippen molar-refractivity contribution in [1.29, 1.82) is 0 Å². The third-order valence-electron chi connectivity index (χ3n) is 5.90. The van der Waals surface area contributed by atoms with Crippen molar-refractivity contribution in [2.75, 3.05) is 0 Å². The Bertz CT molecular complexity index is 1690. The SMILES string of the molecule is CC(=O)O/N=C(\c1ccc(F)cc1)c1ccc(C)cc1-n1c2ccccc2c2cc([N+](=O)[O-])ccc21. The minimum Gasteiger partial charge on any atom is -0.318 e. The first-order valence-electron chi connectivity index (χ1n) is 11.1. The highest BCUT2D eigenvalue weighted by Crippen LogP contribution is 2.36. The minimum atomic E-state index is -0.590. The first kappa shape index (κ1) is 22.9. The van der Waals surface area contributed by atoms with E-state index in [4.69, 9.17) is 4.84 Å². The highest BCUT2D eigenvalue weighted by atomic mass is 19.1. The van der Waals surface area contributed by atoms with Gasteiger partial charge in [-0.05, 0) is 55.0 Å². The number of para-hydroxylation sites is 1. The van der Waals surface area contributed by atoms with Gasteiger partial charge < -0.3 is 9.40 Å². The Morgan fingerprint density at radius 2 is 1.67 bits per heavy atom. The number of aryl methyl sites for hydroxylation is 1. The summed E-state index contributed by atoms with van der Waals surface area (Å²) in [4.78, 5) is 27.7. The zero-order valence-corrected chi connectivity index (χ0v) is 19.4. The van der Waals surface area contributed by atoms with Gasteiger partial charge in [-0.2, -0.15) is 0 Å². The van der Waals surface area contributed by atoms with Gasteiger partial charge in [0.25, 0.3) is 5.69 Å². The van der Waals surface area contributed by atoms with E-state index in [0.29, 0.717) is 16.8 Å². The molecule has 0 radical (unpaired) electrons. The fraction of sp³-hybridized carbons (Fsp3) is 0.0714. The molecule has 36 heavy (non-hydrogen) atoms. The molecule has 5 aromatic rings. The van der Waals surface area contributed by atoms with Gasteiger partial charge in [0.1, 0.15) is 11.5 Å². The molecule has 0 bridgehead atoms. The first-order valence-corrected chi connectivity index (χ1v) is 11.1. The van der Waals surface area contributed by atoms with Gasteiger partial charge in [-0.1, -0.05) is 35.5 Å². The van der Waals surface area contributed by atoms with Crippen LogP contribution in [0.4, 0.5) is 10.1 Å². The average molecular weight is 481 g/mol. The Morgan fingerprint density at radius 3 is 2.39 bits per heavy atom. The number of carbonyl (C=O) groups is 1. The number of carbonyl (C=O) groups excluding carboxylic acids is 1. The lowest BCUT2D eigenvalue weighted by Gasteiger charge is -2.16. The van der Waals surface area contributed by atoms with Crippen LogP contribution in [-0.4, -0.2) is 21.2 Å². The Morgan fingerprint density at radius 1 is 0.944 bits per heavy atom. The summed E-state index contributed by atoms with van der Waals surface area (Å²) >= 11 is 0. The Balaban J connectivity index is 1.85. The van der Waals surface area contributed by atoms with Gasteiger partial charge in [0.2, 0.25) is 0 Å². The molecule has 1 aromatic heterocycles. The number of rotatable bonds is 5. The molecule has 0 unspecified atom stereocenters. The van der Waals surface area contributed by atoms with E-state index in [2.05, 4.69) is 5.16 Å². The topological polar surface area (TPSA) is 86.7 Å². The van der Waals surface area contributed by atoms with Crippen LogP contribution in [-0.2, 0) is 9.63 Å². The van der Waals surface area contributed by atoms with Crippen molar-refractivity contribution in [1.82, 2.24) is 4.57 Å². The van der Waals surface area contributed by atoms with Crippen LogP contribution in [0.1, 0.15) is 23.6 Å². The lowest BCUT2D eigenvalue weighted by molar-refractivity contribution is -0.384. The van der Waals surface area contributed by atoms with Gasteiger partial charge in [0.05, 0.1) is 21.6 Å². The standard InChI is InChI=1S/C28H20FN3O4/c1-17-7-13-23(28(30-36-18(2)33)19-8-10-20(29)11-9-19)27(15-17)31-25-6-4-3-5-22(25)24-16-21(32(34)35)12-14-26(24)31/h3-16H,1-2H3/b30-28+. The molecule has 0 atom stereocenters. The quantitative estimate of drug-likeness (QED) is 0.125. The summed E-state index contributed by atoms with van der Waals surface area (Å²) in [6.45, 7) is 3.20. The van der Waals surface area contributed by atoms with Gasteiger partial charge in [-0.3, -0.25) is 10.1 Å². The Labute approximate surface area is 205 Å². The molecule has 0 saturated carbocycles. The molecule has 5 rings (SSSR count). The molecule has 0 saturated heterocycles. The molecule has 178 valence electrons. The van der Waals surface area contributed by atoms with Crippen molar-refractivity contribution in [3.8, 4) is 5.69 Å². The van der Waals surface area contributed by atoms with Crippen LogP contribution in [0.15, 0.2) is 90.1 Å². The van der Waals surface area contributed by atoms with E-state index in [1.165, 1.54) is 25.1 Å². The monoisotopic (exact) mass is 481 g/mol. The Kier molecular flexibility index (Phi) is 5.77. The predicted octanol–water partition coefficient (Wildman–Crippen LogP) is 6.45. The second kappa shape index (κ2) is 9.07. The maximum absolute atomic E-state index is 13.7. The summed E-state index contributed by atoms with van der Waals surface area (Å²) in [5.41, 5.74) is 4.82. The lowest BCUT2D eigenvalue weighted by atomic mass is 9.99. The number of fused-ring (bicyclic) bond motifs is 3. The van der Waals surface area contributed by atoms with Crippen molar-refractivity contribution in [2.45, 2.75) is 13.8 Å². The fourth-order valence-corrected chi connectivity index (χ4v) is 4.34. The molecule has 0 aliphatic carbocycles. The number of benzene rings is 4. The number of halogens is 1. The van der Waals surface area contributed by atoms with Crippen LogP contribution in [0.25, 0.3) is 27.5 Å². The molecule has 1 heterocycles. The van der Waals surface area contributed by atoms with Gasteiger partial charge in [0, 0.05) is 41.0 Å². The summed E-state index contributed by atoms with van der Waals surface area (Å²) in [5.74, 6) is -0.994. The molecule has 7 nitrogen and oxygen atoms in total. The summed E-state index contributed by atoms with van der Waals surface area (Å²) in [7, 11) is 0. The summed E-state index contributed by atoms with van der Waals surface area (Å²) in [5, 5.41) is 17.2. The smallest absolute Gasteiger partial charge is 0.318 e. The summed E-state index contributed by atoms with van der Waals surface area (Å²) < 4.78 is 15.7. The van der Waals surface area contributed by atoms with Crippen molar-refractivity contribution >= 4 is 39.2 Å². The van der Waals surface area contributed by atoms with E-state index in [9.17, 15) is 19.3 Å². The molecular formula is C28H20FN3O4. The summed E-state index contributed by atoms with van der Waals surface area (Å²) in [6.07, 6.45) is 0. The van der Waals surface area contributed by atoms with Crippen molar-refractivity contribution in [3.63, 3.8) is 0 Å². The first-order chi connectivity index (χ1) is 17.3. The van der Waals surface area contributed by atoms with Gasteiger partial charge in [-0.25, -0.2) is 9.18 Å². The molecule has 8 heteroatoms. The van der Waals surface area contributed by atoms with E-state index < -0.39 is 16.7 Å². The minimum absolute atomic E-state index is 0.00158.